The maximum absolute atomic E-state index is 10.8. The lowest BCUT2D eigenvalue weighted by Crippen LogP contribution is -2.31. The Bertz CT molecular complexity index is 183. The van der Waals surface area contributed by atoms with E-state index < -0.39 is 0 Å². The maximum atomic E-state index is 10.8. The molecular formula is C9H19N3O2. The number of hydrogen-bond acceptors (Lipinski definition) is 3. The minimum atomic E-state index is -0.0165. The van der Waals surface area contributed by atoms with E-state index in [0.717, 1.165) is 19.5 Å². The highest BCUT2D eigenvalue weighted by atomic mass is 16.2. The molecule has 0 atom stereocenters. The number of rotatable bonds is 7. The fourth-order valence-corrected chi connectivity index (χ4v) is 0.951. The van der Waals surface area contributed by atoms with E-state index in [0.29, 0.717) is 13.0 Å². The molecular weight excluding hydrogens is 182 g/mol. The zero-order chi connectivity index (χ0) is 10.8. The van der Waals surface area contributed by atoms with E-state index in [1.165, 1.54) is 6.92 Å². The highest BCUT2D eigenvalue weighted by Crippen LogP contribution is 1.85. The summed E-state index contributed by atoms with van der Waals surface area (Å²) >= 11 is 0. The van der Waals surface area contributed by atoms with E-state index in [-0.39, 0.29) is 11.8 Å². The largest absolute Gasteiger partial charge is 0.359 e. The van der Waals surface area contributed by atoms with Gasteiger partial charge >= 0.3 is 0 Å². The van der Waals surface area contributed by atoms with Crippen molar-refractivity contribution in [2.75, 3.05) is 26.7 Å². The highest BCUT2D eigenvalue weighted by Gasteiger charge is 1.96. The summed E-state index contributed by atoms with van der Waals surface area (Å²) in [5, 5.41) is 8.36. The third-order valence-corrected chi connectivity index (χ3v) is 1.71. The lowest BCUT2D eigenvalue weighted by Gasteiger charge is -2.04. The molecule has 3 N–H and O–H groups in total. The van der Waals surface area contributed by atoms with Crippen molar-refractivity contribution in [1.82, 2.24) is 16.0 Å². The molecule has 0 aliphatic rings. The van der Waals surface area contributed by atoms with Gasteiger partial charge in [-0.25, -0.2) is 0 Å². The van der Waals surface area contributed by atoms with Crippen LogP contribution in [0.5, 0.6) is 0 Å². The van der Waals surface area contributed by atoms with Gasteiger partial charge < -0.3 is 16.0 Å². The molecule has 0 spiro atoms. The topological polar surface area (TPSA) is 70.2 Å². The third-order valence-electron chi connectivity index (χ3n) is 1.71. The summed E-state index contributed by atoms with van der Waals surface area (Å²) in [7, 11) is 1.63. The first kappa shape index (κ1) is 12.9. The van der Waals surface area contributed by atoms with Crippen molar-refractivity contribution < 1.29 is 9.59 Å². The monoisotopic (exact) mass is 201 g/mol. The molecule has 0 bridgehead atoms. The standard InChI is InChI=1S/C9H19N3O2/c1-8(13)12-7-6-11-5-3-4-9(14)10-2/h11H,3-7H2,1-2H3,(H,10,14)(H,12,13). The average molecular weight is 201 g/mol. The molecule has 5 heteroatoms. The Morgan fingerprint density at radius 1 is 1.14 bits per heavy atom. The summed E-state index contributed by atoms with van der Waals surface area (Å²) in [6, 6.07) is 0. The lowest BCUT2D eigenvalue weighted by molar-refractivity contribution is -0.120. The number of carbonyl (C=O) groups is 2. The van der Waals surface area contributed by atoms with Gasteiger partial charge in [0.1, 0.15) is 0 Å². The van der Waals surface area contributed by atoms with Crippen LogP contribution in [0.4, 0.5) is 0 Å². The van der Waals surface area contributed by atoms with Crippen LogP contribution in [0.25, 0.3) is 0 Å². The Hall–Kier alpha value is -1.10. The van der Waals surface area contributed by atoms with Crippen molar-refractivity contribution in [1.29, 1.82) is 0 Å². The van der Waals surface area contributed by atoms with E-state index >= 15 is 0 Å². The summed E-state index contributed by atoms with van der Waals surface area (Å²) in [5.41, 5.74) is 0. The summed E-state index contributed by atoms with van der Waals surface area (Å²) < 4.78 is 0. The predicted octanol–water partition coefficient (Wildman–Crippen LogP) is -0.762. The minimum absolute atomic E-state index is 0.0165. The van der Waals surface area contributed by atoms with Crippen LogP contribution < -0.4 is 16.0 Å². The first-order chi connectivity index (χ1) is 6.66. The van der Waals surface area contributed by atoms with Crippen LogP contribution in [-0.2, 0) is 9.59 Å². The Kier molecular flexibility index (Phi) is 7.83. The summed E-state index contributed by atoms with van der Waals surface area (Å²) in [5.74, 6) is 0.0471. The molecule has 0 aliphatic heterocycles. The van der Waals surface area contributed by atoms with Crippen molar-refractivity contribution in [3.05, 3.63) is 0 Å². The predicted molar refractivity (Wildman–Crippen MR) is 54.9 cm³/mol. The first-order valence-electron chi connectivity index (χ1n) is 4.82. The summed E-state index contributed by atoms with van der Waals surface area (Å²) in [6.07, 6.45) is 1.36. The zero-order valence-corrected chi connectivity index (χ0v) is 8.85. The van der Waals surface area contributed by atoms with Crippen molar-refractivity contribution in [3.63, 3.8) is 0 Å². The fraction of sp³-hybridized carbons (Fsp3) is 0.778. The summed E-state index contributed by atoms with van der Waals surface area (Å²) in [6.45, 7) is 3.67. The Labute approximate surface area is 84.6 Å². The lowest BCUT2D eigenvalue weighted by atomic mass is 10.3. The van der Waals surface area contributed by atoms with Crippen LogP contribution in [0, 0.1) is 0 Å². The molecule has 0 fully saturated rings. The van der Waals surface area contributed by atoms with Gasteiger partial charge in [-0.15, -0.1) is 0 Å². The molecule has 0 heterocycles. The SMILES string of the molecule is CNC(=O)CCCNCCNC(C)=O. The summed E-state index contributed by atoms with van der Waals surface area (Å²) in [4.78, 5) is 21.3. The fourth-order valence-electron chi connectivity index (χ4n) is 0.951. The third kappa shape index (κ3) is 8.99. The second-order valence-electron chi connectivity index (χ2n) is 3.01. The van der Waals surface area contributed by atoms with Gasteiger partial charge in [0.25, 0.3) is 0 Å². The molecule has 5 nitrogen and oxygen atoms in total. The van der Waals surface area contributed by atoms with Crippen LogP contribution in [0.1, 0.15) is 19.8 Å². The molecule has 0 aromatic rings. The second-order valence-corrected chi connectivity index (χ2v) is 3.01. The van der Waals surface area contributed by atoms with Gasteiger partial charge in [-0.05, 0) is 13.0 Å². The minimum Gasteiger partial charge on any atom is -0.359 e. The number of hydrogen-bond donors (Lipinski definition) is 3. The number of carbonyl (C=O) groups excluding carboxylic acids is 2. The molecule has 0 aromatic carbocycles. The van der Waals surface area contributed by atoms with Crippen molar-refractivity contribution >= 4 is 11.8 Å². The van der Waals surface area contributed by atoms with Gasteiger partial charge in [0.2, 0.25) is 11.8 Å². The first-order valence-corrected chi connectivity index (χ1v) is 4.82. The smallest absolute Gasteiger partial charge is 0.219 e. The van der Waals surface area contributed by atoms with Crippen LogP contribution in [0.15, 0.2) is 0 Å². The Morgan fingerprint density at radius 3 is 2.43 bits per heavy atom. The highest BCUT2D eigenvalue weighted by molar-refractivity contribution is 5.75. The molecule has 0 saturated heterocycles. The Balaban J connectivity index is 3.06. The normalized spacial score (nSPS) is 9.57. The van der Waals surface area contributed by atoms with Crippen LogP contribution >= 0.6 is 0 Å². The van der Waals surface area contributed by atoms with Gasteiger partial charge in [0, 0.05) is 33.5 Å². The zero-order valence-electron chi connectivity index (χ0n) is 8.85. The molecule has 0 radical (unpaired) electrons. The molecule has 82 valence electrons. The van der Waals surface area contributed by atoms with E-state index in [4.69, 9.17) is 0 Å². The van der Waals surface area contributed by atoms with Gasteiger partial charge in [0.05, 0.1) is 0 Å². The van der Waals surface area contributed by atoms with Gasteiger partial charge in [-0.2, -0.15) is 0 Å². The van der Waals surface area contributed by atoms with Crippen molar-refractivity contribution in [3.8, 4) is 0 Å². The molecule has 0 aromatic heterocycles. The molecule has 0 unspecified atom stereocenters. The van der Waals surface area contributed by atoms with E-state index in [1.807, 2.05) is 0 Å². The molecule has 0 aliphatic carbocycles. The molecule has 14 heavy (non-hydrogen) atoms. The number of amides is 2. The van der Waals surface area contributed by atoms with Gasteiger partial charge in [-0.1, -0.05) is 0 Å². The van der Waals surface area contributed by atoms with Gasteiger partial charge in [0.15, 0.2) is 0 Å². The number of nitrogens with one attached hydrogen (secondary N) is 3. The maximum Gasteiger partial charge on any atom is 0.219 e. The van der Waals surface area contributed by atoms with Crippen molar-refractivity contribution in [2.45, 2.75) is 19.8 Å². The average Bonchev–Trinajstić information content (AvgIpc) is 2.15. The second kappa shape index (κ2) is 8.50. The molecule has 0 saturated carbocycles. The molecule has 2 amide bonds. The quantitative estimate of drug-likeness (QED) is 0.474. The van der Waals surface area contributed by atoms with E-state index in [2.05, 4.69) is 16.0 Å². The van der Waals surface area contributed by atoms with Crippen LogP contribution in [-0.4, -0.2) is 38.5 Å². The van der Waals surface area contributed by atoms with E-state index in [9.17, 15) is 9.59 Å². The van der Waals surface area contributed by atoms with Crippen LogP contribution in [0.2, 0.25) is 0 Å². The van der Waals surface area contributed by atoms with Crippen molar-refractivity contribution in [2.24, 2.45) is 0 Å². The van der Waals surface area contributed by atoms with E-state index in [1.54, 1.807) is 7.05 Å². The van der Waals surface area contributed by atoms with Crippen LogP contribution in [0.3, 0.4) is 0 Å². The molecule has 0 rings (SSSR count). The Morgan fingerprint density at radius 2 is 1.86 bits per heavy atom. The van der Waals surface area contributed by atoms with Gasteiger partial charge in [-0.3, -0.25) is 9.59 Å².